The van der Waals surface area contributed by atoms with Gasteiger partial charge in [0.15, 0.2) is 5.82 Å². The van der Waals surface area contributed by atoms with E-state index in [1.165, 1.54) is 17.9 Å². The Bertz CT molecular complexity index is 755. The van der Waals surface area contributed by atoms with Crippen LogP contribution in [0.3, 0.4) is 0 Å². The fourth-order valence-electron chi connectivity index (χ4n) is 1.93. The maximum atomic E-state index is 4.99. The van der Waals surface area contributed by atoms with Gasteiger partial charge in [0.05, 0.1) is 0 Å². The SMILES string of the molecule is COCc1nsc(NCCNc2cc(C)nc3ncnn23)n1. The summed E-state index contributed by atoms with van der Waals surface area (Å²) in [7, 11) is 1.62. The third-order valence-electron chi connectivity index (χ3n) is 2.83. The van der Waals surface area contributed by atoms with Gasteiger partial charge in [-0.15, -0.1) is 0 Å². The third kappa shape index (κ3) is 3.28. The molecule has 0 unspecified atom stereocenters. The smallest absolute Gasteiger partial charge is 0.254 e. The molecule has 0 bridgehead atoms. The first-order valence-corrected chi connectivity index (χ1v) is 7.50. The Kier molecular flexibility index (Phi) is 4.39. The lowest BCUT2D eigenvalue weighted by Crippen LogP contribution is -2.16. The summed E-state index contributed by atoms with van der Waals surface area (Å²) in [6.45, 7) is 3.77. The number of fused-ring (bicyclic) bond motifs is 1. The Morgan fingerprint density at radius 3 is 3.00 bits per heavy atom. The van der Waals surface area contributed by atoms with Crippen LogP contribution in [-0.2, 0) is 11.3 Å². The van der Waals surface area contributed by atoms with Crippen molar-refractivity contribution in [3.63, 3.8) is 0 Å². The van der Waals surface area contributed by atoms with Crippen LogP contribution in [0.1, 0.15) is 11.5 Å². The minimum Gasteiger partial charge on any atom is -0.377 e. The quantitative estimate of drug-likeness (QED) is 0.621. The number of methoxy groups -OCH3 is 1. The van der Waals surface area contributed by atoms with Crippen LogP contribution >= 0.6 is 11.5 Å². The zero-order valence-corrected chi connectivity index (χ0v) is 13.1. The molecule has 0 saturated heterocycles. The summed E-state index contributed by atoms with van der Waals surface area (Å²) >= 11 is 1.32. The molecule has 9 nitrogen and oxygen atoms in total. The monoisotopic (exact) mass is 320 g/mol. The molecule has 22 heavy (non-hydrogen) atoms. The highest BCUT2D eigenvalue weighted by Crippen LogP contribution is 2.12. The number of rotatable bonds is 7. The van der Waals surface area contributed by atoms with Crippen molar-refractivity contribution in [3.8, 4) is 0 Å². The van der Waals surface area contributed by atoms with Crippen molar-refractivity contribution in [1.82, 2.24) is 28.9 Å². The highest BCUT2D eigenvalue weighted by Gasteiger charge is 2.05. The fraction of sp³-hybridized carbons (Fsp3) is 0.417. The molecule has 0 aliphatic rings. The van der Waals surface area contributed by atoms with Crippen molar-refractivity contribution in [2.75, 3.05) is 30.8 Å². The molecule has 3 aromatic rings. The lowest BCUT2D eigenvalue weighted by molar-refractivity contribution is 0.179. The van der Waals surface area contributed by atoms with Crippen LogP contribution in [0.25, 0.3) is 5.78 Å². The molecule has 3 aromatic heterocycles. The standard InChI is InChI=1S/C12H16N8OS/c1-8-5-10(20-11(17-8)15-7-16-20)13-3-4-14-12-18-9(6-21-2)19-22-12/h5,7,13H,3-4,6H2,1-2H3,(H,14,18,19). The predicted octanol–water partition coefficient (Wildman–Crippen LogP) is 0.955. The van der Waals surface area contributed by atoms with E-state index in [4.69, 9.17) is 4.74 Å². The summed E-state index contributed by atoms with van der Waals surface area (Å²) in [5, 5.41) is 11.5. The van der Waals surface area contributed by atoms with E-state index in [9.17, 15) is 0 Å². The molecule has 10 heteroatoms. The van der Waals surface area contributed by atoms with Crippen molar-refractivity contribution < 1.29 is 4.74 Å². The predicted molar refractivity (Wildman–Crippen MR) is 83.1 cm³/mol. The summed E-state index contributed by atoms with van der Waals surface area (Å²) < 4.78 is 10.8. The van der Waals surface area contributed by atoms with E-state index >= 15 is 0 Å². The van der Waals surface area contributed by atoms with Gasteiger partial charge in [0.25, 0.3) is 5.78 Å². The number of aromatic nitrogens is 6. The van der Waals surface area contributed by atoms with Crippen molar-refractivity contribution >= 4 is 28.3 Å². The molecule has 0 aliphatic carbocycles. The van der Waals surface area contributed by atoms with Gasteiger partial charge >= 0.3 is 0 Å². The van der Waals surface area contributed by atoms with Crippen LogP contribution in [-0.4, -0.2) is 49.1 Å². The summed E-state index contributed by atoms with van der Waals surface area (Å²) in [6.07, 6.45) is 1.49. The summed E-state index contributed by atoms with van der Waals surface area (Å²) in [5.74, 6) is 2.14. The number of hydrogen-bond donors (Lipinski definition) is 2. The number of anilines is 2. The zero-order valence-electron chi connectivity index (χ0n) is 12.3. The van der Waals surface area contributed by atoms with Crippen LogP contribution in [0.4, 0.5) is 10.9 Å². The second kappa shape index (κ2) is 6.62. The first-order valence-electron chi connectivity index (χ1n) is 6.73. The van der Waals surface area contributed by atoms with Gasteiger partial charge in [0.2, 0.25) is 5.13 Å². The Morgan fingerprint density at radius 1 is 1.27 bits per heavy atom. The molecule has 0 spiro atoms. The van der Waals surface area contributed by atoms with E-state index in [0.717, 1.165) is 16.6 Å². The minimum absolute atomic E-state index is 0.428. The molecule has 0 fully saturated rings. The molecule has 0 atom stereocenters. The van der Waals surface area contributed by atoms with Gasteiger partial charge in [0.1, 0.15) is 18.8 Å². The van der Waals surface area contributed by atoms with Gasteiger partial charge in [-0.3, -0.25) is 0 Å². The van der Waals surface area contributed by atoms with Gasteiger partial charge in [-0.25, -0.2) is 9.97 Å². The first-order chi connectivity index (χ1) is 10.8. The number of nitrogens with one attached hydrogen (secondary N) is 2. The van der Waals surface area contributed by atoms with Gasteiger partial charge in [-0.2, -0.15) is 19.0 Å². The maximum Gasteiger partial charge on any atom is 0.254 e. The van der Waals surface area contributed by atoms with Crippen molar-refractivity contribution in [3.05, 3.63) is 23.9 Å². The molecular weight excluding hydrogens is 304 g/mol. The first kappa shape index (κ1) is 14.6. The van der Waals surface area contributed by atoms with Crippen molar-refractivity contribution in [2.45, 2.75) is 13.5 Å². The Hall–Kier alpha value is -2.33. The van der Waals surface area contributed by atoms with Gasteiger partial charge < -0.3 is 15.4 Å². The summed E-state index contributed by atoms with van der Waals surface area (Å²) in [5.41, 5.74) is 0.893. The molecule has 0 saturated carbocycles. The lowest BCUT2D eigenvalue weighted by Gasteiger charge is -2.08. The van der Waals surface area contributed by atoms with Gasteiger partial charge in [-0.1, -0.05) is 0 Å². The van der Waals surface area contributed by atoms with E-state index in [1.807, 2.05) is 13.0 Å². The number of ether oxygens (including phenoxy) is 1. The summed E-state index contributed by atoms with van der Waals surface area (Å²) in [4.78, 5) is 12.7. The third-order valence-corrected chi connectivity index (χ3v) is 3.54. The molecule has 3 heterocycles. The Morgan fingerprint density at radius 2 is 2.14 bits per heavy atom. The molecule has 2 N–H and O–H groups in total. The van der Waals surface area contributed by atoms with Gasteiger partial charge in [0, 0.05) is 43.5 Å². The number of nitrogens with zero attached hydrogens (tertiary/aromatic N) is 6. The topological polar surface area (TPSA) is 102 Å². The second-order valence-electron chi connectivity index (χ2n) is 4.56. The van der Waals surface area contributed by atoms with Crippen LogP contribution in [0.15, 0.2) is 12.4 Å². The molecular formula is C12H16N8OS. The number of hydrogen-bond acceptors (Lipinski definition) is 9. The zero-order chi connectivity index (χ0) is 15.4. The molecule has 0 radical (unpaired) electrons. The molecule has 0 aromatic carbocycles. The van der Waals surface area contributed by atoms with Crippen LogP contribution < -0.4 is 10.6 Å². The van der Waals surface area contributed by atoms with E-state index in [-0.39, 0.29) is 0 Å². The second-order valence-corrected chi connectivity index (χ2v) is 5.31. The maximum absolute atomic E-state index is 4.99. The van der Waals surface area contributed by atoms with Crippen LogP contribution in [0.2, 0.25) is 0 Å². The Labute approximate surface area is 130 Å². The van der Waals surface area contributed by atoms with Crippen LogP contribution in [0, 0.1) is 6.92 Å². The normalized spacial score (nSPS) is 11.0. The fourth-order valence-corrected chi connectivity index (χ4v) is 2.53. The highest BCUT2D eigenvalue weighted by atomic mass is 32.1. The van der Waals surface area contributed by atoms with Crippen LogP contribution in [0.5, 0.6) is 0 Å². The van der Waals surface area contributed by atoms with E-state index in [1.54, 1.807) is 11.6 Å². The van der Waals surface area contributed by atoms with E-state index < -0.39 is 0 Å². The van der Waals surface area contributed by atoms with Gasteiger partial charge in [-0.05, 0) is 6.92 Å². The average Bonchev–Trinajstić information content (AvgIpc) is 3.13. The lowest BCUT2D eigenvalue weighted by atomic mass is 10.4. The highest BCUT2D eigenvalue weighted by molar-refractivity contribution is 7.09. The molecule has 0 amide bonds. The molecule has 0 aliphatic heterocycles. The summed E-state index contributed by atoms with van der Waals surface area (Å²) in [6, 6.07) is 1.93. The van der Waals surface area contributed by atoms with E-state index in [2.05, 4.69) is 35.1 Å². The molecule has 116 valence electrons. The largest absolute Gasteiger partial charge is 0.377 e. The number of aryl methyl sites for hydroxylation is 1. The average molecular weight is 320 g/mol. The van der Waals surface area contributed by atoms with E-state index in [0.29, 0.717) is 31.3 Å². The van der Waals surface area contributed by atoms with Crippen molar-refractivity contribution in [2.24, 2.45) is 0 Å². The molecule has 3 rings (SSSR count). The van der Waals surface area contributed by atoms with Crippen molar-refractivity contribution in [1.29, 1.82) is 0 Å². The Balaban J connectivity index is 1.54. The minimum atomic E-state index is 0.428.